The molecule has 0 spiro atoms. The molecule has 6 rings (SSSR count). The number of hydrogen-bond donors (Lipinski definition) is 1. The van der Waals surface area contributed by atoms with Crippen LogP contribution in [-0.2, 0) is 24.4 Å². The summed E-state index contributed by atoms with van der Waals surface area (Å²) in [4.78, 5) is 22.8. The summed E-state index contributed by atoms with van der Waals surface area (Å²) in [7, 11) is 0. The third-order valence-electron chi connectivity index (χ3n) is 7.09. The molecule has 0 amide bonds. The molecule has 0 saturated carbocycles. The number of ether oxygens (including phenoxy) is 2. The van der Waals surface area contributed by atoms with Gasteiger partial charge in [0.15, 0.2) is 0 Å². The zero-order valence-corrected chi connectivity index (χ0v) is 22.0. The minimum Gasteiger partial charge on any atom is -0.478 e. The minimum absolute atomic E-state index is 0.0171. The molecule has 208 valence electrons. The van der Waals surface area contributed by atoms with Gasteiger partial charge in [-0.05, 0) is 42.8 Å². The zero-order chi connectivity index (χ0) is 28.3. The van der Waals surface area contributed by atoms with Crippen molar-refractivity contribution in [2.75, 3.05) is 24.6 Å². The number of aromatic carboxylic acids is 1. The maximum Gasteiger partial charge on any atom is 0.335 e. The van der Waals surface area contributed by atoms with Crippen molar-refractivity contribution in [3.05, 3.63) is 82.9 Å². The quantitative estimate of drug-likeness (QED) is 0.328. The fourth-order valence-corrected chi connectivity index (χ4v) is 4.72. The number of halogens is 1. The highest BCUT2D eigenvalue weighted by Crippen LogP contribution is 2.24. The van der Waals surface area contributed by atoms with Gasteiger partial charge >= 0.3 is 5.97 Å². The molecule has 0 radical (unpaired) electrons. The molecule has 4 aromatic rings. The second-order valence-electron chi connectivity index (χ2n) is 9.78. The molecule has 0 bridgehead atoms. The van der Waals surface area contributed by atoms with Crippen LogP contribution in [0.3, 0.4) is 0 Å². The van der Waals surface area contributed by atoms with Crippen LogP contribution in [0.25, 0.3) is 11.0 Å². The van der Waals surface area contributed by atoms with Crippen LogP contribution in [0.5, 0.6) is 5.88 Å². The predicted molar refractivity (Wildman–Crippen MR) is 147 cm³/mol. The lowest BCUT2D eigenvalue weighted by molar-refractivity contribution is -0.0592. The molecule has 41 heavy (non-hydrogen) atoms. The van der Waals surface area contributed by atoms with Gasteiger partial charge in [-0.1, -0.05) is 12.1 Å². The number of carbonyl (C=O) groups is 1. The number of carboxylic acids is 1. The molecule has 4 heterocycles. The maximum absolute atomic E-state index is 14.2. The Bertz CT molecular complexity index is 1680. The number of carboxylic acid groups (broad SMARTS) is 1. The number of nitrogens with zero attached hydrogens (tertiary/aromatic N) is 7. The third kappa shape index (κ3) is 5.66. The lowest BCUT2D eigenvalue weighted by atomic mass is 10.1. The van der Waals surface area contributed by atoms with Gasteiger partial charge < -0.3 is 24.0 Å². The summed E-state index contributed by atoms with van der Waals surface area (Å²) in [5.41, 5.74) is 2.29. The van der Waals surface area contributed by atoms with Crippen LogP contribution in [0.2, 0.25) is 0 Å². The van der Waals surface area contributed by atoms with Crippen molar-refractivity contribution >= 4 is 29.2 Å². The molecule has 11 nitrogen and oxygen atoms in total. The van der Waals surface area contributed by atoms with E-state index in [1.165, 1.54) is 12.1 Å². The summed E-state index contributed by atoms with van der Waals surface area (Å²) < 4.78 is 27.6. The van der Waals surface area contributed by atoms with E-state index < -0.39 is 11.8 Å². The average molecular weight is 556 g/mol. The van der Waals surface area contributed by atoms with Crippen molar-refractivity contribution in [2.24, 2.45) is 5.10 Å². The molecule has 2 aromatic heterocycles. The Morgan fingerprint density at radius 1 is 1.17 bits per heavy atom. The first-order chi connectivity index (χ1) is 20.0. The topological polar surface area (TPSA) is 129 Å². The molecule has 2 aliphatic heterocycles. The lowest BCUT2D eigenvalue weighted by Crippen LogP contribution is -2.38. The van der Waals surface area contributed by atoms with Crippen LogP contribution < -0.4 is 9.64 Å². The lowest BCUT2D eigenvalue weighted by Gasteiger charge is -2.30. The standard InChI is InChI=1S/C29H26FN7O4/c30-23-12-19(14-31)4-5-21(23)17-41-28-3-1-2-26(34-28)35-9-10-36(32-18-35)16-27-33-24-7-6-20(29(38)39)13-25(24)37(27)15-22-8-11-40-22/h1-7,12-13,18,22H,8-11,15-17H2,(H,38,39). The van der Waals surface area contributed by atoms with Gasteiger partial charge in [-0.3, -0.25) is 5.01 Å². The Morgan fingerprint density at radius 3 is 2.76 bits per heavy atom. The molecule has 0 aliphatic carbocycles. The number of rotatable bonds is 9. The normalized spacial score (nSPS) is 16.4. The predicted octanol–water partition coefficient (Wildman–Crippen LogP) is 3.77. The average Bonchev–Trinajstić information content (AvgIpc) is 3.30. The monoisotopic (exact) mass is 555 g/mol. The number of hydrazone groups is 1. The highest BCUT2D eigenvalue weighted by Gasteiger charge is 2.24. The first-order valence-corrected chi connectivity index (χ1v) is 13.1. The van der Waals surface area contributed by atoms with Gasteiger partial charge in [0, 0.05) is 24.8 Å². The van der Waals surface area contributed by atoms with E-state index in [1.807, 2.05) is 32.7 Å². The Balaban J connectivity index is 1.14. The Labute approximate surface area is 234 Å². The van der Waals surface area contributed by atoms with E-state index in [9.17, 15) is 14.3 Å². The molecule has 1 saturated heterocycles. The molecule has 12 heteroatoms. The summed E-state index contributed by atoms with van der Waals surface area (Å²) in [5.74, 6) is 0.287. The summed E-state index contributed by atoms with van der Waals surface area (Å²) in [6, 6.07) is 16.5. The van der Waals surface area contributed by atoms with E-state index in [4.69, 9.17) is 19.7 Å². The molecular formula is C29H26FN7O4. The number of imidazole rings is 1. The van der Waals surface area contributed by atoms with Gasteiger partial charge in [0.2, 0.25) is 5.88 Å². The number of aromatic nitrogens is 3. The number of pyridine rings is 1. The van der Waals surface area contributed by atoms with Crippen molar-refractivity contribution in [3.63, 3.8) is 0 Å². The third-order valence-corrected chi connectivity index (χ3v) is 7.09. The zero-order valence-electron chi connectivity index (χ0n) is 22.0. The van der Waals surface area contributed by atoms with E-state index in [0.717, 1.165) is 29.9 Å². The number of fused-ring (bicyclic) bond motifs is 1. The number of nitriles is 1. The maximum atomic E-state index is 14.2. The van der Waals surface area contributed by atoms with Crippen LogP contribution in [0, 0.1) is 17.1 Å². The minimum atomic E-state index is -0.980. The smallest absolute Gasteiger partial charge is 0.335 e. The van der Waals surface area contributed by atoms with E-state index in [2.05, 4.69) is 10.1 Å². The van der Waals surface area contributed by atoms with Gasteiger partial charge in [-0.2, -0.15) is 15.3 Å². The number of benzene rings is 2. The summed E-state index contributed by atoms with van der Waals surface area (Å²) >= 11 is 0. The SMILES string of the molecule is N#Cc1ccc(COc2cccc(N3C=NN(Cc4nc5ccc(C(=O)O)cc5n4CC4CCO4)CC3)n2)c(F)c1. The highest BCUT2D eigenvalue weighted by atomic mass is 19.1. The number of hydrogen-bond acceptors (Lipinski definition) is 9. The van der Waals surface area contributed by atoms with Crippen molar-refractivity contribution in [1.29, 1.82) is 5.26 Å². The molecule has 2 aliphatic rings. The van der Waals surface area contributed by atoms with Crippen LogP contribution >= 0.6 is 0 Å². The number of anilines is 1. The van der Waals surface area contributed by atoms with Crippen molar-refractivity contribution in [2.45, 2.75) is 32.2 Å². The van der Waals surface area contributed by atoms with E-state index in [-0.39, 0.29) is 23.8 Å². The molecule has 1 unspecified atom stereocenters. The summed E-state index contributed by atoms with van der Waals surface area (Å²) in [6.45, 7) is 2.97. The van der Waals surface area contributed by atoms with Gasteiger partial charge in [0.25, 0.3) is 0 Å². The second-order valence-corrected chi connectivity index (χ2v) is 9.78. The second kappa shape index (κ2) is 11.2. The summed E-state index contributed by atoms with van der Waals surface area (Å²) in [6.07, 6.45) is 2.72. The van der Waals surface area contributed by atoms with E-state index in [1.54, 1.807) is 36.7 Å². The molecule has 1 N–H and O–H groups in total. The largest absolute Gasteiger partial charge is 0.478 e. The Morgan fingerprint density at radius 2 is 2.05 bits per heavy atom. The van der Waals surface area contributed by atoms with Gasteiger partial charge in [-0.15, -0.1) is 0 Å². The summed E-state index contributed by atoms with van der Waals surface area (Å²) in [5, 5.41) is 24.9. The molecule has 1 atom stereocenters. The Kier molecular flexibility index (Phi) is 7.18. The Hall–Kier alpha value is -5.02. The van der Waals surface area contributed by atoms with Gasteiger partial charge in [0.1, 0.15) is 30.4 Å². The first-order valence-electron chi connectivity index (χ1n) is 13.1. The van der Waals surface area contributed by atoms with Crippen LogP contribution in [-0.4, -0.2) is 62.8 Å². The highest BCUT2D eigenvalue weighted by molar-refractivity contribution is 5.92. The van der Waals surface area contributed by atoms with Crippen LogP contribution in [0.15, 0.2) is 59.7 Å². The van der Waals surface area contributed by atoms with Gasteiger partial charge in [-0.25, -0.2) is 14.2 Å². The molecular weight excluding hydrogens is 529 g/mol. The van der Waals surface area contributed by atoms with Crippen molar-refractivity contribution in [3.8, 4) is 11.9 Å². The van der Waals surface area contributed by atoms with Crippen molar-refractivity contribution < 1.29 is 23.8 Å². The van der Waals surface area contributed by atoms with Gasteiger partial charge in [0.05, 0.1) is 54.0 Å². The van der Waals surface area contributed by atoms with Crippen LogP contribution in [0.4, 0.5) is 10.2 Å². The fourth-order valence-electron chi connectivity index (χ4n) is 4.72. The first kappa shape index (κ1) is 26.2. The molecule has 2 aromatic carbocycles. The van der Waals surface area contributed by atoms with E-state index in [0.29, 0.717) is 43.4 Å². The fraction of sp³-hybridized carbons (Fsp3) is 0.276. The van der Waals surface area contributed by atoms with E-state index >= 15 is 0 Å². The van der Waals surface area contributed by atoms with Crippen LogP contribution in [0.1, 0.15) is 33.7 Å². The molecule has 1 fully saturated rings. The van der Waals surface area contributed by atoms with Crippen molar-refractivity contribution in [1.82, 2.24) is 19.5 Å².